The number of aromatic nitrogens is 2. The molecule has 0 aliphatic rings. The Hall–Kier alpha value is -3.66. The van der Waals surface area contributed by atoms with Gasteiger partial charge in [-0.2, -0.15) is 5.10 Å². The number of carbonyl (C=O) groups is 1. The fraction of sp³-hybridized carbons (Fsp3) is 0.0435. The van der Waals surface area contributed by atoms with Gasteiger partial charge in [0.1, 0.15) is 5.69 Å². The Balaban J connectivity index is 1.74. The number of benzene rings is 3. The van der Waals surface area contributed by atoms with Gasteiger partial charge in [0, 0.05) is 17.4 Å². The molecule has 0 saturated heterocycles. The fourth-order valence-corrected chi connectivity index (χ4v) is 2.90. The number of aryl methyl sites for hydroxylation is 1. The lowest BCUT2D eigenvalue weighted by atomic mass is 10.1. The van der Waals surface area contributed by atoms with Crippen LogP contribution in [0.3, 0.4) is 0 Å². The fourth-order valence-electron chi connectivity index (χ4n) is 2.90. The van der Waals surface area contributed by atoms with Crippen LogP contribution in [0.25, 0.3) is 16.9 Å². The highest BCUT2D eigenvalue weighted by atomic mass is 16.1. The summed E-state index contributed by atoms with van der Waals surface area (Å²) in [6.45, 7) is 2.02. The van der Waals surface area contributed by atoms with E-state index in [-0.39, 0.29) is 5.91 Å². The minimum absolute atomic E-state index is 0.181. The normalized spacial score (nSPS) is 10.6. The molecular weight excluding hydrogens is 334 g/mol. The Kier molecular flexibility index (Phi) is 4.54. The van der Waals surface area contributed by atoms with Crippen LogP contribution in [0.4, 0.5) is 5.69 Å². The molecule has 0 saturated carbocycles. The van der Waals surface area contributed by atoms with Crippen molar-refractivity contribution in [2.45, 2.75) is 6.92 Å². The number of para-hydroxylation sites is 1. The van der Waals surface area contributed by atoms with Crippen molar-refractivity contribution in [3.63, 3.8) is 0 Å². The predicted molar refractivity (Wildman–Crippen MR) is 108 cm³/mol. The average molecular weight is 353 g/mol. The zero-order valence-electron chi connectivity index (χ0n) is 15.0. The highest BCUT2D eigenvalue weighted by molar-refractivity contribution is 6.08. The molecule has 0 radical (unpaired) electrons. The molecule has 0 fully saturated rings. The van der Waals surface area contributed by atoms with Crippen LogP contribution in [-0.2, 0) is 0 Å². The molecule has 1 amide bonds. The smallest absolute Gasteiger partial charge is 0.259 e. The summed E-state index contributed by atoms with van der Waals surface area (Å²) in [4.78, 5) is 13.0. The van der Waals surface area contributed by atoms with E-state index < -0.39 is 0 Å². The zero-order valence-corrected chi connectivity index (χ0v) is 15.0. The lowest BCUT2D eigenvalue weighted by Gasteiger charge is -2.06. The highest BCUT2D eigenvalue weighted by Gasteiger charge is 2.18. The SMILES string of the molecule is Cc1ccc(NC(=O)c2cn(-c3ccccc3)nc2-c2ccccc2)cc1. The Morgan fingerprint density at radius 3 is 2.15 bits per heavy atom. The van der Waals surface area contributed by atoms with Gasteiger partial charge in [-0.15, -0.1) is 0 Å². The standard InChI is InChI=1S/C23H19N3O/c1-17-12-14-19(15-13-17)24-23(27)21-16-26(20-10-6-3-7-11-20)25-22(21)18-8-4-2-5-9-18/h2-16H,1H3,(H,24,27). The third-order valence-electron chi connectivity index (χ3n) is 4.34. The van der Waals surface area contributed by atoms with E-state index in [1.54, 1.807) is 10.9 Å². The molecule has 0 aliphatic carbocycles. The second-order valence-electron chi connectivity index (χ2n) is 6.36. The van der Waals surface area contributed by atoms with E-state index >= 15 is 0 Å². The topological polar surface area (TPSA) is 46.9 Å². The summed E-state index contributed by atoms with van der Waals surface area (Å²) in [6, 6.07) is 27.3. The van der Waals surface area contributed by atoms with Crippen LogP contribution < -0.4 is 5.32 Å². The molecule has 0 unspecified atom stereocenters. The Labute approximate surface area is 158 Å². The molecule has 132 valence electrons. The van der Waals surface area contributed by atoms with Crippen molar-refractivity contribution in [1.29, 1.82) is 0 Å². The maximum absolute atomic E-state index is 13.0. The first-order valence-electron chi connectivity index (χ1n) is 8.79. The Morgan fingerprint density at radius 1 is 0.852 bits per heavy atom. The molecule has 0 spiro atoms. The van der Waals surface area contributed by atoms with Crippen molar-refractivity contribution in [3.8, 4) is 16.9 Å². The van der Waals surface area contributed by atoms with Gasteiger partial charge in [-0.25, -0.2) is 4.68 Å². The zero-order chi connectivity index (χ0) is 18.6. The summed E-state index contributed by atoms with van der Waals surface area (Å²) in [5.74, 6) is -0.181. The van der Waals surface area contributed by atoms with Crippen molar-refractivity contribution < 1.29 is 4.79 Å². The summed E-state index contributed by atoms with van der Waals surface area (Å²) in [5.41, 5.74) is 4.91. The second-order valence-corrected chi connectivity index (χ2v) is 6.36. The van der Waals surface area contributed by atoms with Crippen LogP contribution in [0.15, 0.2) is 91.1 Å². The molecule has 4 rings (SSSR count). The first-order valence-corrected chi connectivity index (χ1v) is 8.79. The summed E-state index contributed by atoms with van der Waals surface area (Å²) in [7, 11) is 0. The van der Waals surface area contributed by atoms with Crippen LogP contribution >= 0.6 is 0 Å². The van der Waals surface area contributed by atoms with Gasteiger partial charge in [0.25, 0.3) is 5.91 Å². The van der Waals surface area contributed by atoms with Gasteiger partial charge in [0.05, 0.1) is 11.3 Å². The van der Waals surface area contributed by atoms with Crippen LogP contribution in [0.5, 0.6) is 0 Å². The second kappa shape index (κ2) is 7.30. The average Bonchev–Trinajstić information content (AvgIpc) is 3.17. The van der Waals surface area contributed by atoms with E-state index in [9.17, 15) is 4.79 Å². The van der Waals surface area contributed by atoms with Crippen molar-refractivity contribution in [2.24, 2.45) is 0 Å². The van der Waals surface area contributed by atoms with Crippen molar-refractivity contribution in [3.05, 3.63) is 102 Å². The number of amides is 1. The van der Waals surface area contributed by atoms with Crippen LogP contribution in [-0.4, -0.2) is 15.7 Å². The molecule has 1 heterocycles. The maximum Gasteiger partial charge on any atom is 0.259 e. The molecular formula is C23H19N3O. The summed E-state index contributed by atoms with van der Waals surface area (Å²) in [6.07, 6.45) is 1.78. The lowest BCUT2D eigenvalue weighted by Crippen LogP contribution is -2.12. The van der Waals surface area contributed by atoms with Crippen LogP contribution in [0.1, 0.15) is 15.9 Å². The number of hydrogen-bond acceptors (Lipinski definition) is 2. The highest BCUT2D eigenvalue weighted by Crippen LogP contribution is 2.24. The Bertz CT molecular complexity index is 1050. The monoisotopic (exact) mass is 353 g/mol. The third kappa shape index (κ3) is 3.65. The number of anilines is 1. The van der Waals surface area contributed by atoms with Crippen LogP contribution in [0, 0.1) is 6.92 Å². The molecule has 0 bridgehead atoms. The molecule has 27 heavy (non-hydrogen) atoms. The van der Waals surface area contributed by atoms with E-state index in [4.69, 9.17) is 0 Å². The molecule has 0 aliphatic heterocycles. The minimum Gasteiger partial charge on any atom is -0.322 e. The van der Waals surface area contributed by atoms with Crippen molar-refractivity contribution in [2.75, 3.05) is 5.32 Å². The maximum atomic E-state index is 13.0. The van der Waals surface area contributed by atoms with Gasteiger partial charge in [0.2, 0.25) is 0 Å². The van der Waals surface area contributed by atoms with Gasteiger partial charge < -0.3 is 5.32 Å². The number of nitrogens with one attached hydrogen (secondary N) is 1. The summed E-state index contributed by atoms with van der Waals surface area (Å²) >= 11 is 0. The molecule has 1 aromatic heterocycles. The van der Waals surface area contributed by atoms with Gasteiger partial charge in [-0.1, -0.05) is 66.2 Å². The first kappa shape index (κ1) is 16.8. The molecule has 0 atom stereocenters. The quantitative estimate of drug-likeness (QED) is 0.555. The number of nitrogens with zero attached hydrogens (tertiary/aromatic N) is 2. The van der Waals surface area contributed by atoms with E-state index in [0.717, 1.165) is 22.5 Å². The van der Waals surface area contributed by atoms with Gasteiger partial charge >= 0.3 is 0 Å². The molecule has 1 N–H and O–H groups in total. The molecule has 3 aromatic carbocycles. The molecule has 4 aromatic rings. The summed E-state index contributed by atoms with van der Waals surface area (Å²) < 4.78 is 1.74. The van der Waals surface area contributed by atoms with E-state index in [2.05, 4.69) is 10.4 Å². The van der Waals surface area contributed by atoms with E-state index in [1.807, 2.05) is 91.9 Å². The predicted octanol–water partition coefficient (Wildman–Crippen LogP) is 5.10. The van der Waals surface area contributed by atoms with E-state index in [0.29, 0.717) is 11.3 Å². The van der Waals surface area contributed by atoms with Gasteiger partial charge in [-0.05, 0) is 31.2 Å². The van der Waals surface area contributed by atoms with Crippen molar-refractivity contribution >= 4 is 11.6 Å². The minimum atomic E-state index is -0.181. The number of hydrogen-bond donors (Lipinski definition) is 1. The number of carbonyl (C=O) groups excluding carboxylic acids is 1. The Morgan fingerprint density at radius 2 is 1.48 bits per heavy atom. The van der Waals surface area contributed by atoms with Crippen LogP contribution in [0.2, 0.25) is 0 Å². The first-order chi connectivity index (χ1) is 13.2. The van der Waals surface area contributed by atoms with E-state index in [1.165, 1.54) is 0 Å². The van der Waals surface area contributed by atoms with Crippen molar-refractivity contribution in [1.82, 2.24) is 9.78 Å². The molecule has 4 nitrogen and oxygen atoms in total. The largest absolute Gasteiger partial charge is 0.322 e. The lowest BCUT2D eigenvalue weighted by molar-refractivity contribution is 0.102. The molecule has 4 heteroatoms. The van der Waals surface area contributed by atoms with Gasteiger partial charge in [-0.3, -0.25) is 4.79 Å². The number of rotatable bonds is 4. The summed E-state index contributed by atoms with van der Waals surface area (Å²) in [5, 5.41) is 7.65. The van der Waals surface area contributed by atoms with Gasteiger partial charge in [0.15, 0.2) is 0 Å². The third-order valence-corrected chi connectivity index (χ3v) is 4.34.